The van der Waals surface area contributed by atoms with E-state index in [1.807, 2.05) is 0 Å². The summed E-state index contributed by atoms with van der Waals surface area (Å²) in [6.07, 6.45) is 4.56. The van der Waals surface area contributed by atoms with Crippen LogP contribution < -0.4 is 0 Å². The van der Waals surface area contributed by atoms with Crippen LogP contribution in [0.4, 0.5) is 0 Å². The molecule has 1 aliphatic rings. The van der Waals surface area contributed by atoms with Crippen LogP contribution in [-0.4, -0.2) is 38.5 Å². The van der Waals surface area contributed by atoms with Gasteiger partial charge in [0.1, 0.15) is 5.76 Å². The average Bonchev–Trinajstić information content (AvgIpc) is 2.04. The van der Waals surface area contributed by atoms with E-state index >= 15 is 0 Å². The second-order valence-electron chi connectivity index (χ2n) is 2.66. The number of hydrogen-bond acceptors (Lipinski definition) is 3. The summed E-state index contributed by atoms with van der Waals surface area (Å²) < 4.78 is 5.22. The van der Waals surface area contributed by atoms with Gasteiger partial charge in [-0.3, -0.25) is 4.99 Å². The van der Waals surface area contributed by atoms with Crippen molar-refractivity contribution in [1.29, 1.82) is 0 Å². The van der Waals surface area contributed by atoms with E-state index in [0.29, 0.717) is 0 Å². The summed E-state index contributed by atoms with van der Waals surface area (Å²) >= 11 is 0. The van der Waals surface area contributed by atoms with Gasteiger partial charge in [-0.15, -0.1) is 0 Å². The van der Waals surface area contributed by atoms with Crippen LogP contribution in [0.3, 0.4) is 0 Å². The molecule has 0 saturated carbocycles. The Morgan fingerprint density at radius 2 is 2.55 bits per heavy atom. The normalized spacial score (nSPS) is 20.4. The molecule has 0 saturated heterocycles. The zero-order valence-corrected chi connectivity index (χ0v) is 7.08. The summed E-state index contributed by atoms with van der Waals surface area (Å²) in [5, 5.41) is 0. The zero-order chi connectivity index (χ0) is 8.10. The Kier molecular flexibility index (Phi) is 3.11. The topological polar surface area (TPSA) is 24.8 Å². The van der Waals surface area contributed by atoms with Gasteiger partial charge in [-0.1, -0.05) is 0 Å². The number of ether oxygens (including phenoxy) is 1. The molecule has 0 fully saturated rings. The molecule has 11 heavy (non-hydrogen) atoms. The minimum absolute atomic E-state index is 0.979. The van der Waals surface area contributed by atoms with Crippen LogP contribution in [0.25, 0.3) is 0 Å². The van der Waals surface area contributed by atoms with Crippen molar-refractivity contribution in [3.8, 4) is 0 Å². The van der Waals surface area contributed by atoms with E-state index in [2.05, 4.69) is 23.0 Å². The number of aliphatic imine (C=N–C) groups is 1. The molecule has 1 heterocycles. The van der Waals surface area contributed by atoms with Gasteiger partial charge in [0.15, 0.2) is 6.40 Å². The van der Waals surface area contributed by atoms with Crippen molar-refractivity contribution in [2.45, 2.75) is 6.42 Å². The van der Waals surface area contributed by atoms with E-state index in [1.54, 1.807) is 7.05 Å². The molecule has 1 rings (SSSR count). The zero-order valence-electron chi connectivity index (χ0n) is 7.08. The van der Waals surface area contributed by atoms with Gasteiger partial charge in [-0.25, -0.2) is 0 Å². The van der Waals surface area contributed by atoms with E-state index in [-0.39, 0.29) is 0 Å². The molecule has 0 radical (unpaired) electrons. The van der Waals surface area contributed by atoms with Crippen molar-refractivity contribution in [3.05, 3.63) is 11.8 Å². The van der Waals surface area contributed by atoms with Gasteiger partial charge in [-0.05, 0) is 13.1 Å². The van der Waals surface area contributed by atoms with Gasteiger partial charge in [0.05, 0.1) is 0 Å². The third-order valence-corrected chi connectivity index (χ3v) is 1.68. The van der Waals surface area contributed by atoms with Gasteiger partial charge >= 0.3 is 0 Å². The number of likely N-dealkylation sites (N-methyl/N-ethyl adjacent to an activating group) is 1. The van der Waals surface area contributed by atoms with Crippen LogP contribution >= 0.6 is 0 Å². The summed E-state index contributed by atoms with van der Waals surface area (Å²) in [4.78, 5) is 5.99. The van der Waals surface area contributed by atoms with Gasteiger partial charge in [0.2, 0.25) is 0 Å². The van der Waals surface area contributed by atoms with E-state index < -0.39 is 0 Å². The number of nitrogens with zero attached hydrogens (tertiary/aromatic N) is 2. The quantitative estimate of drug-likeness (QED) is 0.435. The van der Waals surface area contributed by atoms with Crippen LogP contribution in [0.15, 0.2) is 16.8 Å². The SMILES string of the molecule is C/N=C/OC1=CCN(C)CC1. The molecule has 0 aromatic heterocycles. The summed E-state index contributed by atoms with van der Waals surface area (Å²) in [6, 6.07) is 0. The van der Waals surface area contributed by atoms with Gasteiger partial charge in [-0.2, -0.15) is 0 Å². The lowest BCUT2D eigenvalue weighted by Crippen LogP contribution is -2.24. The maximum absolute atomic E-state index is 5.22. The van der Waals surface area contributed by atoms with E-state index in [0.717, 1.165) is 25.3 Å². The summed E-state index contributed by atoms with van der Waals surface area (Å²) in [5.74, 6) is 1.04. The smallest absolute Gasteiger partial charge is 0.175 e. The molecule has 3 heteroatoms. The molecule has 3 nitrogen and oxygen atoms in total. The summed E-state index contributed by atoms with van der Waals surface area (Å²) in [6.45, 7) is 2.05. The van der Waals surface area contributed by atoms with Gasteiger partial charge in [0, 0.05) is 26.6 Å². The maximum atomic E-state index is 5.22. The Bertz CT molecular complexity index is 175. The van der Waals surface area contributed by atoms with Crippen LogP contribution in [0.2, 0.25) is 0 Å². The molecule has 0 N–H and O–H groups in total. The largest absolute Gasteiger partial charge is 0.451 e. The van der Waals surface area contributed by atoms with Gasteiger partial charge in [0.25, 0.3) is 0 Å². The van der Waals surface area contributed by atoms with Crippen molar-refractivity contribution < 1.29 is 4.74 Å². The first-order valence-electron chi connectivity index (χ1n) is 3.78. The first-order valence-corrected chi connectivity index (χ1v) is 3.78. The molecule has 0 aromatic carbocycles. The lowest BCUT2D eigenvalue weighted by molar-refractivity contribution is 0.303. The second-order valence-corrected chi connectivity index (χ2v) is 2.66. The Labute approximate surface area is 67.4 Å². The molecule has 0 atom stereocenters. The van der Waals surface area contributed by atoms with Crippen LogP contribution in [0, 0.1) is 0 Å². The highest BCUT2D eigenvalue weighted by molar-refractivity contribution is 5.48. The Morgan fingerprint density at radius 1 is 1.73 bits per heavy atom. The Hall–Kier alpha value is -0.830. The Balaban J connectivity index is 2.35. The molecule has 0 spiro atoms. The second kappa shape index (κ2) is 4.13. The molecule has 0 amide bonds. The lowest BCUT2D eigenvalue weighted by Gasteiger charge is -2.20. The Morgan fingerprint density at radius 3 is 3.09 bits per heavy atom. The lowest BCUT2D eigenvalue weighted by atomic mass is 10.2. The molecular weight excluding hydrogens is 140 g/mol. The third-order valence-electron chi connectivity index (χ3n) is 1.68. The molecule has 0 bridgehead atoms. The highest BCUT2D eigenvalue weighted by atomic mass is 16.5. The first kappa shape index (κ1) is 8.27. The molecule has 0 unspecified atom stereocenters. The minimum atomic E-state index is 0.979. The van der Waals surface area contributed by atoms with Crippen molar-refractivity contribution >= 4 is 6.40 Å². The fourth-order valence-corrected chi connectivity index (χ4v) is 0.979. The van der Waals surface area contributed by atoms with Gasteiger partial charge < -0.3 is 9.64 Å². The molecule has 62 valence electrons. The maximum Gasteiger partial charge on any atom is 0.175 e. The van der Waals surface area contributed by atoms with E-state index in [1.165, 1.54) is 6.40 Å². The predicted octanol–water partition coefficient (Wildman–Crippen LogP) is 0.880. The standard InChI is InChI=1S/C8H14N2O/c1-9-7-11-8-3-5-10(2)6-4-8/h3,7H,4-6H2,1-2H3/b9-7+. The molecule has 1 aliphatic heterocycles. The first-order chi connectivity index (χ1) is 5.33. The molecule has 0 aromatic rings. The van der Waals surface area contributed by atoms with Crippen LogP contribution in [0.1, 0.15) is 6.42 Å². The monoisotopic (exact) mass is 154 g/mol. The van der Waals surface area contributed by atoms with Crippen molar-refractivity contribution in [1.82, 2.24) is 4.90 Å². The average molecular weight is 154 g/mol. The molecule has 0 aliphatic carbocycles. The fraction of sp³-hybridized carbons (Fsp3) is 0.625. The highest BCUT2D eigenvalue weighted by Crippen LogP contribution is 2.08. The van der Waals surface area contributed by atoms with Crippen LogP contribution in [0.5, 0.6) is 0 Å². The van der Waals surface area contributed by atoms with Crippen LogP contribution in [-0.2, 0) is 4.74 Å². The summed E-state index contributed by atoms with van der Waals surface area (Å²) in [7, 11) is 3.80. The van der Waals surface area contributed by atoms with E-state index in [9.17, 15) is 0 Å². The predicted molar refractivity (Wildman–Crippen MR) is 45.7 cm³/mol. The fourth-order valence-electron chi connectivity index (χ4n) is 0.979. The minimum Gasteiger partial charge on any atom is -0.451 e. The van der Waals surface area contributed by atoms with Crippen molar-refractivity contribution in [3.63, 3.8) is 0 Å². The third kappa shape index (κ3) is 2.72. The highest BCUT2D eigenvalue weighted by Gasteiger charge is 2.06. The van der Waals surface area contributed by atoms with E-state index in [4.69, 9.17) is 4.74 Å². The number of rotatable bonds is 2. The summed E-state index contributed by atoms with van der Waals surface area (Å²) in [5.41, 5.74) is 0. The molecular formula is C8H14N2O. The van der Waals surface area contributed by atoms with Crippen molar-refractivity contribution in [2.24, 2.45) is 4.99 Å². The van der Waals surface area contributed by atoms with Crippen molar-refractivity contribution in [2.75, 3.05) is 27.2 Å². The number of hydrogen-bond donors (Lipinski definition) is 0.